The first kappa shape index (κ1) is 19.4. The Morgan fingerprint density at radius 3 is 2.40 bits per heavy atom. The number of hydrogen-bond donors (Lipinski definition) is 0. The number of quaternary nitrogens is 1. The molecule has 2 heterocycles. The zero-order chi connectivity index (χ0) is 17.3. The van der Waals surface area contributed by atoms with E-state index in [-0.39, 0.29) is 12.4 Å². The summed E-state index contributed by atoms with van der Waals surface area (Å²) in [6, 6.07) is 4.85. The highest BCUT2D eigenvalue weighted by atomic mass is 35.5. The number of rotatable bonds is 5. The standard InChI is InChI=1S/C19H24NO4.ClH/c1-13(21)24-19-17(22-3)10-14(11-18(19)23-4)12-20(2)15-6-5-7-16(20)9-8-15;/h10-11,15-16H,6,8-9,12H2,1-4H3;1H/q+1;/p-1/t15-,16+,20?;/m1./s1. The summed E-state index contributed by atoms with van der Waals surface area (Å²) in [5, 5.41) is 0. The minimum absolute atomic E-state index is 0. The van der Waals surface area contributed by atoms with Crippen molar-refractivity contribution >= 4 is 5.97 Å². The summed E-state index contributed by atoms with van der Waals surface area (Å²) in [6.07, 6.45) is 3.34. The highest BCUT2D eigenvalue weighted by Crippen LogP contribution is 2.42. The van der Waals surface area contributed by atoms with Crippen LogP contribution < -0.4 is 26.6 Å². The van der Waals surface area contributed by atoms with Crippen molar-refractivity contribution < 1.29 is 35.9 Å². The van der Waals surface area contributed by atoms with Gasteiger partial charge in [0.1, 0.15) is 12.6 Å². The number of fused-ring (bicyclic) bond motifs is 2. The van der Waals surface area contributed by atoms with Gasteiger partial charge in [-0.3, -0.25) is 4.79 Å². The quantitative estimate of drug-likeness (QED) is 0.306. The Hall–Kier alpha value is -1.90. The molecule has 0 N–H and O–H groups in total. The summed E-state index contributed by atoms with van der Waals surface area (Å²) < 4.78 is 17.1. The van der Waals surface area contributed by atoms with E-state index in [1.807, 2.05) is 12.1 Å². The molecule has 3 rings (SSSR count). The molecule has 6 heteroatoms. The molecule has 0 radical (unpaired) electrons. The molecule has 5 nitrogen and oxygen atoms in total. The van der Waals surface area contributed by atoms with E-state index in [0.717, 1.165) is 29.4 Å². The van der Waals surface area contributed by atoms with Gasteiger partial charge < -0.3 is 31.1 Å². The van der Waals surface area contributed by atoms with Gasteiger partial charge in [-0.25, -0.2) is 0 Å². The van der Waals surface area contributed by atoms with E-state index in [4.69, 9.17) is 14.2 Å². The second kappa shape index (κ2) is 7.55. The van der Waals surface area contributed by atoms with Gasteiger partial charge in [-0.2, -0.15) is 0 Å². The van der Waals surface area contributed by atoms with Crippen LogP contribution in [0.5, 0.6) is 17.2 Å². The molecule has 1 fully saturated rings. The Labute approximate surface area is 155 Å². The Kier molecular flexibility index (Phi) is 5.87. The van der Waals surface area contributed by atoms with Crippen LogP contribution in [0.1, 0.15) is 31.7 Å². The van der Waals surface area contributed by atoms with Crippen molar-refractivity contribution in [3.63, 3.8) is 0 Å². The Morgan fingerprint density at radius 2 is 1.88 bits per heavy atom. The first-order valence-corrected chi connectivity index (χ1v) is 8.24. The van der Waals surface area contributed by atoms with Crippen molar-refractivity contribution in [2.75, 3.05) is 21.3 Å². The van der Waals surface area contributed by atoms with Crippen LogP contribution in [-0.4, -0.2) is 43.8 Å². The lowest BCUT2D eigenvalue weighted by Gasteiger charge is -2.40. The van der Waals surface area contributed by atoms with Crippen LogP contribution in [0.15, 0.2) is 12.1 Å². The van der Waals surface area contributed by atoms with Crippen LogP contribution in [0.25, 0.3) is 0 Å². The number of benzene rings is 1. The molecular formula is C19H24ClNO4. The number of hydrogen-bond acceptors (Lipinski definition) is 4. The SMILES string of the molecule is COc1cc(C[N+]2(C)[C@@H]3CC#C[C@H]2CC3)cc(OC)c1OC(C)=O.[Cl-]. The van der Waals surface area contributed by atoms with Gasteiger partial charge >= 0.3 is 5.97 Å². The maximum atomic E-state index is 11.3. The average Bonchev–Trinajstić information content (AvgIpc) is 2.74. The van der Waals surface area contributed by atoms with Gasteiger partial charge in [-0.1, -0.05) is 5.92 Å². The number of esters is 1. The number of carbonyl (C=O) groups is 1. The smallest absolute Gasteiger partial charge is 0.308 e. The van der Waals surface area contributed by atoms with Crippen molar-refractivity contribution in [2.45, 2.75) is 44.8 Å². The predicted molar refractivity (Wildman–Crippen MR) is 89.9 cm³/mol. The lowest BCUT2D eigenvalue weighted by molar-refractivity contribution is -0.949. The molecule has 1 unspecified atom stereocenters. The summed E-state index contributed by atoms with van der Waals surface area (Å²) in [6.45, 7) is 2.22. The summed E-state index contributed by atoms with van der Waals surface area (Å²) >= 11 is 0. The lowest BCUT2D eigenvalue weighted by atomic mass is 10.0. The molecule has 0 spiro atoms. The van der Waals surface area contributed by atoms with E-state index in [9.17, 15) is 4.79 Å². The highest BCUT2D eigenvalue weighted by molar-refractivity contribution is 5.72. The van der Waals surface area contributed by atoms with E-state index >= 15 is 0 Å². The molecule has 0 aromatic heterocycles. The number of ether oxygens (including phenoxy) is 3. The fraction of sp³-hybridized carbons (Fsp3) is 0.526. The molecule has 3 atom stereocenters. The molecule has 136 valence electrons. The third-order valence-electron chi connectivity index (χ3n) is 5.22. The topological polar surface area (TPSA) is 44.8 Å². The summed E-state index contributed by atoms with van der Waals surface area (Å²) in [7, 11) is 5.42. The zero-order valence-electron chi connectivity index (χ0n) is 15.1. The number of nitrogens with zero attached hydrogens (tertiary/aromatic N) is 1. The molecular weight excluding hydrogens is 342 g/mol. The van der Waals surface area contributed by atoms with E-state index in [2.05, 4.69) is 18.9 Å². The van der Waals surface area contributed by atoms with E-state index in [0.29, 0.717) is 29.3 Å². The fourth-order valence-corrected chi connectivity index (χ4v) is 3.92. The lowest BCUT2D eigenvalue weighted by Crippen LogP contribution is -3.00. The molecule has 0 aliphatic carbocycles. The monoisotopic (exact) mass is 365 g/mol. The van der Waals surface area contributed by atoms with Crippen molar-refractivity contribution in [3.05, 3.63) is 17.7 Å². The minimum Gasteiger partial charge on any atom is -1.00 e. The van der Waals surface area contributed by atoms with Gasteiger partial charge in [0.25, 0.3) is 0 Å². The third kappa shape index (κ3) is 3.56. The van der Waals surface area contributed by atoms with Gasteiger partial charge in [-0.15, -0.1) is 0 Å². The maximum absolute atomic E-state index is 11.3. The van der Waals surface area contributed by atoms with E-state index < -0.39 is 5.97 Å². The van der Waals surface area contributed by atoms with Crippen molar-refractivity contribution in [3.8, 4) is 29.1 Å². The second-order valence-corrected chi connectivity index (χ2v) is 6.70. The molecule has 0 saturated carbocycles. The summed E-state index contributed by atoms with van der Waals surface area (Å²) in [5.74, 6) is 7.66. The number of methoxy groups -OCH3 is 2. The minimum atomic E-state index is -0.400. The summed E-state index contributed by atoms with van der Waals surface area (Å²) in [5.41, 5.74) is 1.10. The zero-order valence-corrected chi connectivity index (χ0v) is 15.9. The molecule has 1 aromatic carbocycles. The average molecular weight is 366 g/mol. The van der Waals surface area contributed by atoms with Crippen molar-refractivity contribution in [1.29, 1.82) is 0 Å². The van der Waals surface area contributed by atoms with Crippen molar-refractivity contribution in [1.82, 2.24) is 0 Å². The van der Waals surface area contributed by atoms with E-state index in [1.54, 1.807) is 14.2 Å². The van der Waals surface area contributed by atoms with Crippen LogP contribution in [0.2, 0.25) is 0 Å². The summed E-state index contributed by atoms with van der Waals surface area (Å²) in [4.78, 5) is 11.3. The normalized spacial score (nSPS) is 26.1. The fourth-order valence-electron chi connectivity index (χ4n) is 3.92. The molecule has 1 aromatic rings. The Morgan fingerprint density at radius 1 is 1.24 bits per heavy atom. The second-order valence-electron chi connectivity index (χ2n) is 6.70. The van der Waals surface area contributed by atoms with Gasteiger partial charge in [0.15, 0.2) is 17.5 Å². The van der Waals surface area contributed by atoms with Crippen LogP contribution in [0.3, 0.4) is 0 Å². The molecule has 2 bridgehead atoms. The van der Waals surface area contributed by atoms with Crippen LogP contribution >= 0.6 is 0 Å². The maximum Gasteiger partial charge on any atom is 0.308 e. The first-order chi connectivity index (χ1) is 11.5. The molecule has 0 amide bonds. The van der Waals surface area contributed by atoms with Crippen LogP contribution in [0, 0.1) is 11.8 Å². The largest absolute Gasteiger partial charge is 1.00 e. The highest BCUT2D eigenvalue weighted by Gasteiger charge is 2.47. The number of halogens is 1. The van der Waals surface area contributed by atoms with E-state index in [1.165, 1.54) is 13.3 Å². The van der Waals surface area contributed by atoms with Crippen LogP contribution in [0.4, 0.5) is 0 Å². The third-order valence-corrected chi connectivity index (χ3v) is 5.22. The molecule has 25 heavy (non-hydrogen) atoms. The molecule has 2 aliphatic heterocycles. The Bertz CT molecular complexity index is 699. The first-order valence-electron chi connectivity index (χ1n) is 8.24. The van der Waals surface area contributed by atoms with Gasteiger partial charge in [0, 0.05) is 25.3 Å². The molecule has 1 saturated heterocycles. The predicted octanol–water partition coefficient (Wildman–Crippen LogP) is -0.482. The molecule has 2 aliphatic rings. The van der Waals surface area contributed by atoms with Gasteiger partial charge in [-0.05, 0) is 18.1 Å². The van der Waals surface area contributed by atoms with Crippen molar-refractivity contribution in [2.24, 2.45) is 0 Å². The Balaban J connectivity index is 0.00000225. The van der Waals surface area contributed by atoms with Crippen LogP contribution in [-0.2, 0) is 11.3 Å². The van der Waals surface area contributed by atoms with Gasteiger partial charge in [0.2, 0.25) is 5.75 Å². The van der Waals surface area contributed by atoms with Gasteiger partial charge in [0.05, 0.1) is 27.7 Å². The number of carbonyl (C=O) groups excluding carboxylic acids is 1.